The van der Waals surface area contributed by atoms with E-state index in [-0.39, 0.29) is 23.8 Å². The molecule has 0 bridgehead atoms. The number of aromatic nitrogens is 2. The van der Waals surface area contributed by atoms with E-state index < -0.39 is 11.8 Å². The maximum absolute atomic E-state index is 14.2. The molecule has 1 N–H and O–H groups in total. The number of hydrogen-bond donors (Lipinski definition) is 1. The van der Waals surface area contributed by atoms with Crippen LogP contribution in [0.15, 0.2) is 60.7 Å². The lowest BCUT2D eigenvalue weighted by atomic mass is 9.89. The normalized spacial score (nSPS) is 17.7. The van der Waals surface area contributed by atoms with Crippen molar-refractivity contribution in [2.75, 3.05) is 19.7 Å². The van der Waals surface area contributed by atoms with Gasteiger partial charge < -0.3 is 19.1 Å². The van der Waals surface area contributed by atoms with Crippen molar-refractivity contribution >= 4 is 17.0 Å². The molecular formula is C32H31FN4O4. The maximum atomic E-state index is 14.2. The molecule has 41 heavy (non-hydrogen) atoms. The van der Waals surface area contributed by atoms with E-state index in [1.165, 1.54) is 11.6 Å². The minimum atomic E-state index is -0.945. The number of piperidine rings is 1. The topological polar surface area (TPSA) is 101 Å². The monoisotopic (exact) mass is 554 g/mol. The zero-order chi connectivity index (χ0) is 28.3. The summed E-state index contributed by atoms with van der Waals surface area (Å²) in [4.78, 5) is 18.9. The molecule has 1 unspecified atom stereocenters. The highest BCUT2D eigenvalue weighted by Gasteiger charge is 2.26. The van der Waals surface area contributed by atoms with Crippen molar-refractivity contribution in [3.8, 4) is 11.8 Å². The lowest BCUT2D eigenvalue weighted by Gasteiger charge is -2.33. The van der Waals surface area contributed by atoms with Gasteiger partial charge in [0.1, 0.15) is 24.0 Å². The molecule has 3 heterocycles. The van der Waals surface area contributed by atoms with Gasteiger partial charge in [0.25, 0.3) is 0 Å². The van der Waals surface area contributed by atoms with E-state index in [0.29, 0.717) is 30.3 Å². The molecule has 8 nitrogen and oxygen atoms in total. The third-order valence-electron chi connectivity index (χ3n) is 8.11. The Bertz CT molecular complexity index is 1620. The Hall–Kier alpha value is -4.26. The second kappa shape index (κ2) is 11.7. The quantitative estimate of drug-likeness (QED) is 0.292. The highest BCUT2D eigenvalue weighted by atomic mass is 19.1. The summed E-state index contributed by atoms with van der Waals surface area (Å²) in [6.07, 6.45) is 3.10. The number of benzene rings is 3. The van der Waals surface area contributed by atoms with Crippen LogP contribution in [-0.4, -0.2) is 51.3 Å². The number of halogens is 1. The van der Waals surface area contributed by atoms with Crippen LogP contribution in [0.3, 0.4) is 0 Å². The summed E-state index contributed by atoms with van der Waals surface area (Å²) in [5, 5.41) is 18.4. The first kappa shape index (κ1) is 26.9. The Morgan fingerprint density at radius 3 is 2.66 bits per heavy atom. The Labute approximate surface area is 237 Å². The molecule has 0 aliphatic carbocycles. The van der Waals surface area contributed by atoms with Crippen LogP contribution in [0.5, 0.6) is 5.75 Å². The van der Waals surface area contributed by atoms with Crippen LogP contribution in [0.25, 0.3) is 11.0 Å². The summed E-state index contributed by atoms with van der Waals surface area (Å²) in [5.41, 5.74) is 3.81. The molecule has 1 aromatic heterocycles. The van der Waals surface area contributed by atoms with E-state index in [1.807, 2.05) is 24.3 Å². The molecular weight excluding hydrogens is 523 g/mol. The van der Waals surface area contributed by atoms with Gasteiger partial charge in [0.15, 0.2) is 0 Å². The number of carboxylic acid groups (broad SMARTS) is 1. The van der Waals surface area contributed by atoms with Crippen LogP contribution in [0.2, 0.25) is 0 Å². The number of ether oxygens (including phenoxy) is 2. The molecule has 4 aromatic rings. The Kier molecular flexibility index (Phi) is 7.68. The fourth-order valence-electron chi connectivity index (χ4n) is 5.64. The lowest BCUT2D eigenvalue weighted by molar-refractivity contribution is -0.0592. The Morgan fingerprint density at radius 1 is 1.12 bits per heavy atom. The predicted octanol–water partition coefficient (Wildman–Crippen LogP) is 5.49. The van der Waals surface area contributed by atoms with Crippen LogP contribution in [0, 0.1) is 17.1 Å². The molecule has 0 radical (unpaired) electrons. The van der Waals surface area contributed by atoms with Gasteiger partial charge in [-0.1, -0.05) is 18.2 Å². The molecule has 3 aromatic carbocycles. The molecule has 0 amide bonds. The summed E-state index contributed by atoms with van der Waals surface area (Å²) < 4.78 is 28.0. The third kappa shape index (κ3) is 5.94. The van der Waals surface area contributed by atoms with E-state index in [1.54, 1.807) is 30.3 Å². The average Bonchev–Trinajstić information content (AvgIpc) is 3.30. The number of fused-ring (bicyclic) bond motifs is 1. The van der Waals surface area contributed by atoms with Crippen molar-refractivity contribution in [1.82, 2.24) is 14.5 Å². The minimum Gasteiger partial charge on any atom is -0.489 e. The van der Waals surface area contributed by atoms with Gasteiger partial charge in [-0.15, -0.1) is 0 Å². The zero-order valence-electron chi connectivity index (χ0n) is 22.6. The number of carbonyl (C=O) groups is 1. The highest BCUT2D eigenvalue weighted by molar-refractivity contribution is 5.92. The number of aromatic carboxylic acids is 1. The number of carboxylic acids is 1. The third-order valence-corrected chi connectivity index (χ3v) is 8.11. The second-order valence-electron chi connectivity index (χ2n) is 10.8. The van der Waals surface area contributed by atoms with Crippen LogP contribution in [0.4, 0.5) is 4.39 Å². The Balaban J connectivity index is 1.10. The molecule has 2 aliphatic rings. The van der Waals surface area contributed by atoms with E-state index >= 15 is 0 Å². The predicted molar refractivity (Wildman–Crippen MR) is 150 cm³/mol. The molecule has 6 rings (SSSR count). The summed E-state index contributed by atoms with van der Waals surface area (Å²) in [5.74, 6) is 0.632. The van der Waals surface area contributed by atoms with Gasteiger partial charge in [-0.05, 0) is 86.3 Å². The SMILES string of the molecule is N#Cc1ccc(COc2cccc(C3CCN(Cc4nc5ccc(C(=O)O)cc5n4CC4CCO4)CC3)c2)c(F)c1. The van der Waals surface area contributed by atoms with Crippen molar-refractivity contribution in [2.45, 2.75) is 51.0 Å². The van der Waals surface area contributed by atoms with Crippen LogP contribution in [-0.2, 0) is 24.4 Å². The number of rotatable bonds is 9. The summed E-state index contributed by atoms with van der Waals surface area (Å²) in [7, 11) is 0. The fraction of sp³-hybridized carbons (Fsp3) is 0.344. The van der Waals surface area contributed by atoms with Crippen molar-refractivity contribution in [1.29, 1.82) is 5.26 Å². The van der Waals surface area contributed by atoms with Crippen molar-refractivity contribution in [2.24, 2.45) is 0 Å². The molecule has 210 valence electrons. The van der Waals surface area contributed by atoms with E-state index in [9.17, 15) is 14.3 Å². The van der Waals surface area contributed by atoms with E-state index in [2.05, 4.69) is 15.5 Å². The molecule has 2 saturated heterocycles. The van der Waals surface area contributed by atoms with Gasteiger partial charge in [0.05, 0.1) is 47.4 Å². The summed E-state index contributed by atoms with van der Waals surface area (Å²) in [6.45, 7) is 4.05. The smallest absolute Gasteiger partial charge is 0.335 e. The maximum Gasteiger partial charge on any atom is 0.335 e. The standard InChI is InChI=1S/C32H31FN4O4/c33-28-14-21(17-34)4-5-25(28)20-41-26-3-1-2-23(15-26)22-8-11-36(12-9-22)19-31-35-29-7-6-24(32(38)39)16-30(29)37(31)18-27-10-13-40-27/h1-7,14-16,22,27H,8-13,18-20H2,(H,38,39). The highest BCUT2D eigenvalue weighted by Crippen LogP contribution is 2.32. The molecule has 2 fully saturated rings. The number of nitrogens with zero attached hydrogens (tertiary/aromatic N) is 4. The van der Waals surface area contributed by atoms with Gasteiger partial charge in [0.2, 0.25) is 0 Å². The number of hydrogen-bond acceptors (Lipinski definition) is 6. The van der Waals surface area contributed by atoms with E-state index in [0.717, 1.165) is 55.8 Å². The van der Waals surface area contributed by atoms with E-state index in [4.69, 9.17) is 19.7 Å². The lowest BCUT2D eigenvalue weighted by Crippen LogP contribution is -2.35. The van der Waals surface area contributed by atoms with Crippen LogP contribution >= 0.6 is 0 Å². The van der Waals surface area contributed by atoms with Crippen molar-refractivity contribution < 1.29 is 23.8 Å². The van der Waals surface area contributed by atoms with Crippen LogP contribution < -0.4 is 4.74 Å². The molecule has 0 saturated carbocycles. The van der Waals surface area contributed by atoms with Gasteiger partial charge in [-0.3, -0.25) is 4.90 Å². The van der Waals surface area contributed by atoms with Gasteiger partial charge in [-0.2, -0.15) is 5.26 Å². The number of imidazole rings is 1. The average molecular weight is 555 g/mol. The van der Waals surface area contributed by atoms with Crippen molar-refractivity contribution in [3.63, 3.8) is 0 Å². The van der Waals surface area contributed by atoms with Crippen LogP contribution in [0.1, 0.15) is 58.1 Å². The van der Waals surface area contributed by atoms with Crippen molar-refractivity contribution in [3.05, 3.63) is 94.6 Å². The Morgan fingerprint density at radius 2 is 1.95 bits per heavy atom. The van der Waals surface area contributed by atoms with Gasteiger partial charge >= 0.3 is 5.97 Å². The number of likely N-dealkylation sites (tertiary alicyclic amines) is 1. The number of nitriles is 1. The van der Waals surface area contributed by atoms with Gasteiger partial charge in [-0.25, -0.2) is 14.2 Å². The summed E-state index contributed by atoms with van der Waals surface area (Å²) in [6, 6.07) is 19.5. The molecule has 9 heteroatoms. The summed E-state index contributed by atoms with van der Waals surface area (Å²) >= 11 is 0. The largest absolute Gasteiger partial charge is 0.489 e. The second-order valence-corrected chi connectivity index (χ2v) is 10.8. The minimum absolute atomic E-state index is 0.0975. The first-order valence-corrected chi connectivity index (χ1v) is 13.9. The van der Waals surface area contributed by atoms with Gasteiger partial charge in [0, 0.05) is 12.2 Å². The molecule has 1 atom stereocenters. The zero-order valence-corrected chi connectivity index (χ0v) is 22.6. The first-order valence-electron chi connectivity index (χ1n) is 13.9. The first-order chi connectivity index (χ1) is 20.0. The fourth-order valence-corrected chi connectivity index (χ4v) is 5.64. The molecule has 2 aliphatic heterocycles. The molecule has 0 spiro atoms.